The van der Waals surface area contributed by atoms with Gasteiger partial charge < -0.3 is 14.5 Å². The van der Waals surface area contributed by atoms with Crippen LogP contribution in [0.1, 0.15) is 29.9 Å². The number of aryl methyl sites for hydroxylation is 3. The average molecular weight is 352 g/mol. The smallest absolute Gasteiger partial charge is 0.220 e. The van der Waals surface area contributed by atoms with E-state index in [1.165, 1.54) is 11.1 Å². The topological polar surface area (TPSA) is 64.4 Å². The summed E-state index contributed by atoms with van der Waals surface area (Å²) in [4.78, 5) is 16.3. The van der Waals surface area contributed by atoms with Crippen LogP contribution in [0.5, 0.6) is 5.75 Å². The maximum Gasteiger partial charge on any atom is 0.220 e. The van der Waals surface area contributed by atoms with Gasteiger partial charge in [-0.05, 0) is 55.7 Å². The minimum Gasteiger partial charge on any atom is -0.492 e. The lowest BCUT2D eigenvalue weighted by atomic mass is 10.1. The molecule has 2 aromatic carbocycles. The Labute approximate surface area is 153 Å². The minimum absolute atomic E-state index is 0.0183. The SMILES string of the molecule is Cc1ccc(OCCNC(=O)CCCc2nc3ccccc3o2)cc1C. The van der Waals surface area contributed by atoms with Crippen molar-refractivity contribution in [3.05, 3.63) is 59.5 Å². The third-order valence-corrected chi connectivity index (χ3v) is 4.30. The van der Waals surface area contributed by atoms with Gasteiger partial charge in [0.15, 0.2) is 11.5 Å². The first-order valence-corrected chi connectivity index (χ1v) is 8.93. The lowest BCUT2D eigenvalue weighted by Crippen LogP contribution is -2.27. The largest absolute Gasteiger partial charge is 0.492 e. The standard InChI is InChI=1S/C21H24N2O3/c1-15-10-11-17(14-16(15)2)25-13-12-22-20(24)8-5-9-21-23-18-6-3-4-7-19(18)26-21/h3-4,6-7,10-11,14H,5,8-9,12-13H2,1-2H3,(H,22,24). The van der Waals surface area contributed by atoms with Crippen LogP contribution in [-0.2, 0) is 11.2 Å². The van der Waals surface area contributed by atoms with Gasteiger partial charge in [-0.25, -0.2) is 4.98 Å². The predicted molar refractivity (Wildman–Crippen MR) is 101 cm³/mol. The first kappa shape index (κ1) is 18.0. The summed E-state index contributed by atoms with van der Waals surface area (Å²) in [7, 11) is 0. The van der Waals surface area contributed by atoms with E-state index in [0.717, 1.165) is 16.8 Å². The van der Waals surface area contributed by atoms with Crippen LogP contribution in [0, 0.1) is 13.8 Å². The Bertz CT molecular complexity index is 853. The van der Waals surface area contributed by atoms with E-state index in [1.807, 2.05) is 42.5 Å². The fourth-order valence-electron chi connectivity index (χ4n) is 2.68. The first-order chi connectivity index (χ1) is 12.6. The molecule has 0 saturated heterocycles. The molecule has 1 amide bonds. The highest BCUT2D eigenvalue weighted by Crippen LogP contribution is 2.17. The molecular formula is C21H24N2O3. The molecule has 26 heavy (non-hydrogen) atoms. The van der Waals surface area contributed by atoms with E-state index in [0.29, 0.717) is 38.3 Å². The van der Waals surface area contributed by atoms with Crippen LogP contribution in [0.25, 0.3) is 11.1 Å². The molecule has 0 radical (unpaired) electrons. The number of aromatic nitrogens is 1. The third-order valence-electron chi connectivity index (χ3n) is 4.30. The maximum absolute atomic E-state index is 11.9. The van der Waals surface area contributed by atoms with Crippen molar-refractivity contribution >= 4 is 17.0 Å². The van der Waals surface area contributed by atoms with Gasteiger partial charge in [0.2, 0.25) is 5.91 Å². The van der Waals surface area contributed by atoms with Crippen molar-refractivity contribution in [2.45, 2.75) is 33.1 Å². The summed E-state index contributed by atoms with van der Waals surface area (Å²) in [5.74, 6) is 1.53. The van der Waals surface area contributed by atoms with Gasteiger partial charge in [-0.1, -0.05) is 18.2 Å². The Balaban J connectivity index is 1.33. The van der Waals surface area contributed by atoms with E-state index in [4.69, 9.17) is 9.15 Å². The highest BCUT2D eigenvalue weighted by molar-refractivity contribution is 5.75. The van der Waals surface area contributed by atoms with Gasteiger partial charge in [-0.2, -0.15) is 0 Å². The molecule has 0 bridgehead atoms. The normalized spacial score (nSPS) is 10.8. The highest BCUT2D eigenvalue weighted by Gasteiger charge is 2.07. The molecule has 0 aliphatic heterocycles. The zero-order valence-electron chi connectivity index (χ0n) is 15.2. The molecule has 1 aromatic heterocycles. The molecule has 0 spiro atoms. The molecule has 0 saturated carbocycles. The number of oxazole rings is 1. The lowest BCUT2D eigenvalue weighted by molar-refractivity contribution is -0.121. The number of nitrogens with one attached hydrogen (secondary N) is 1. The molecule has 5 nitrogen and oxygen atoms in total. The number of carbonyl (C=O) groups excluding carboxylic acids is 1. The van der Waals surface area contributed by atoms with Crippen LogP contribution < -0.4 is 10.1 Å². The van der Waals surface area contributed by atoms with E-state index < -0.39 is 0 Å². The van der Waals surface area contributed by atoms with Crippen LogP contribution >= 0.6 is 0 Å². The number of carbonyl (C=O) groups is 1. The number of amides is 1. The number of hydrogen-bond acceptors (Lipinski definition) is 4. The molecule has 5 heteroatoms. The predicted octanol–water partition coefficient (Wildman–Crippen LogP) is 3.96. The number of nitrogens with zero attached hydrogens (tertiary/aromatic N) is 1. The second kappa shape index (κ2) is 8.52. The monoisotopic (exact) mass is 352 g/mol. The highest BCUT2D eigenvalue weighted by atomic mass is 16.5. The van der Waals surface area contributed by atoms with Gasteiger partial charge >= 0.3 is 0 Å². The van der Waals surface area contributed by atoms with Crippen molar-refractivity contribution in [3.8, 4) is 5.75 Å². The second-order valence-corrected chi connectivity index (χ2v) is 6.37. The van der Waals surface area contributed by atoms with Gasteiger partial charge in [-0.3, -0.25) is 4.79 Å². The number of hydrogen-bond donors (Lipinski definition) is 1. The van der Waals surface area contributed by atoms with Crippen LogP contribution in [0.2, 0.25) is 0 Å². The Morgan fingerprint density at radius 3 is 2.81 bits per heavy atom. The van der Waals surface area contributed by atoms with Gasteiger partial charge in [-0.15, -0.1) is 0 Å². The van der Waals surface area contributed by atoms with Crippen LogP contribution in [0.15, 0.2) is 46.9 Å². The Morgan fingerprint density at radius 1 is 1.15 bits per heavy atom. The summed E-state index contributed by atoms with van der Waals surface area (Å²) >= 11 is 0. The quantitative estimate of drug-likeness (QED) is 0.623. The molecule has 1 heterocycles. The third kappa shape index (κ3) is 4.85. The van der Waals surface area contributed by atoms with Crippen molar-refractivity contribution in [2.75, 3.05) is 13.2 Å². The Hall–Kier alpha value is -2.82. The summed E-state index contributed by atoms with van der Waals surface area (Å²) in [6.07, 6.45) is 1.81. The summed E-state index contributed by atoms with van der Waals surface area (Å²) in [6, 6.07) is 13.7. The van der Waals surface area contributed by atoms with E-state index in [9.17, 15) is 4.79 Å². The summed E-state index contributed by atoms with van der Waals surface area (Å²) in [6.45, 7) is 5.08. The number of benzene rings is 2. The number of para-hydroxylation sites is 2. The van der Waals surface area contributed by atoms with Crippen molar-refractivity contribution in [3.63, 3.8) is 0 Å². The molecule has 0 aliphatic carbocycles. The van der Waals surface area contributed by atoms with Crippen molar-refractivity contribution < 1.29 is 13.9 Å². The first-order valence-electron chi connectivity index (χ1n) is 8.93. The fourth-order valence-corrected chi connectivity index (χ4v) is 2.68. The molecule has 136 valence electrons. The number of ether oxygens (including phenoxy) is 1. The van der Waals surface area contributed by atoms with E-state index >= 15 is 0 Å². The number of fused-ring (bicyclic) bond motifs is 1. The Morgan fingerprint density at radius 2 is 2.00 bits per heavy atom. The number of rotatable bonds is 8. The molecule has 3 aromatic rings. The summed E-state index contributed by atoms with van der Waals surface area (Å²) in [5, 5.41) is 2.88. The molecule has 0 aliphatic rings. The summed E-state index contributed by atoms with van der Waals surface area (Å²) < 4.78 is 11.3. The van der Waals surface area contributed by atoms with Crippen LogP contribution in [0.4, 0.5) is 0 Å². The molecule has 3 rings (SSSR count). The zero-order valence-corrected chi connectivity index (χ0v) is 15.2. The molecular weight excluding hydrogens is 328 g/mol. The van der Waals surface area contributed by atoms with Gasteiger partial charge in [0.05, 0.1) is 6.54 Å². The van der Waals surface area contributed by atoms with E-state index in [2.05, 4.69) is 24.1 Å². The lowest BCUT2D eigenvalue weighted by Gasteiger charge is -2.09. The molecule has 0 fully saturated rings. The van der Waals surface area contributed by atoms with Crippen LogP contribution in [0.3, 0.4) is 0 Å². The van der Waals surface area contributed by atoms with E-state index in [1.54, 1.807) is 0 Å². The van der Waals surface area contributed by atoms with Gasteiger partial charge in [0, 0.05) is 12.8 Å². The minimum atomic E-state index is 0.0183. The van der Waals surface area contributed by atoms with Crippen molar-refractivity contribution in [1.29, 1.82) is 0 Å². The molecule has 1 N–H and O–H groups in total. The summed E-state index contributed by atoms with van der Waals surface area (Å²) in [5.41, 5.74) is 4.08. The van der Waals surface area contributed by atoms with E-state index in [-0.39, 0.29) is 5.91 Å². The van der Waals surface area contributed by atoms with Crippen molar-refractivity contribution in [1.82, 2.24) is 10.3 Å². The van der Waals surface area contributed by atoms with Crippen LogP contribution in [-0.4, -0.2) is 24.0 Å². The van der Waals surface area contributed by atoms with Gasteiger partial charge in [0.25, 0.3) is 0 Å². The zero-order chi connectivity index (χ0) is 18.4. The fraction of sp³-hybridized carbons (Fsp3) is 0.333. The average Bonchev–Trinajstić information content (AvgIpc) is 3.04. The Kier molecular flexibility index (Phi) is 5.89. The maximum atomic E-state index is 11.9. The van der Waals surface area contributed by atoms with Crippen molar-refractivity contribution in [2.24, 2.45) is 0 Å². The molecule has 0 unspecified atom stereocenters. The second-order valence-electron chi connectivity index (χ2n) is 6.37. The van der Waals surface area contributed by atoms with Gasteiger partial charge in [0.1, 0.15) is 17.9 Å². The molecule has 0 atom stereocenters.